The number of nitrogens with one attached hydrogen (secondary N) is 2. The molecule has 0 aliphatic rings. The van der Waals surface area contributed by atoms with Gasteiger partial charge in [0, 0.05) is 16.8 Å². The number of ketones is 1. The van der Waals surface area contributed by atoms with E-state index in [0.29, 0.717) is 22.8 Å². The van der Waals surface area contributed by atoms with Crippen molar-refractivity contribution < 1.29 is 9.59 Å². The van der Waals surface area contributed by atoms with E-state index in [-0.39, 0.29) is 11.7 Å². The number of hydrogen-bond acceptors (Lipinski definition) is 5. The van der Waals surface area contributed by atoms with E-state index in [9.17, 15) is 9.59 Å². The van der Waals surface area contributed by atoms with Gasteiger partial charge in [-0.25, -0.2) is 0 Å². The van der Waals surface area contributed by atoms with Crippen molar-refractivity contribution in [3.05, 3.63) is 77.4 Å². The van der Waals surface area contributed by atoms with E-state index < -0.39 is 0 Å². The summed E-state index contributed by atoms with van der Waals surface area (Å²) in [7, 11) is 0. The molecule has 0 aliphatic heterocycles. The van der Waals surface area contributed by atoms with Gasteiger partial charge in [-0.3, -0.25) is 9.59 Å². The van der Waals surface area contributed by atoms with Crippen molar-refractivity contribution in [3.8, 4) is 0 Å². The lowest BCUT2D eigenvalue weighted by molar-refractivity contribution is 0.101. The fourth-order valence-electron chi connectivity index (χ4n) is 2.41. The monoisotopic (exact) mass is 346 g/mol. The van der Waals surface area contributed by atoms with Gasteiger partial charge < -0.3 is 10.6 Å². The summed E-state index contributed by atoms with van der Waals surface area (Å²) in [4.78, 5) is 23.6. The average molecular weight is 346 g/mol. The molecular formula is C20H18N4O2. The molecule has 3 aromatic rings. The third-order valence-corrected chi connectivity index (χ3v) is 3.86. The van der Waals surface area contributed by atoms with Crippen molar-refractivity contribution in [1.29, 1.82) is 0 Å². The van der Waals surface area contributed by atoms with Gasteiger partial charge in [-0.2, -0.15) is 0 Å². The lowest BCUT2D eigenvalue weighted by atomic mass is 10.1. The highest BCUT2D eigenvalue weighted by molar-refractivity contribution is 6.04. The van der Waals surface area contributed by atoms with Crippen molar-refractivity contribution in [2.45, 2.75) is 13.8 Å². The van der Waals surface area contributed by atoms with Crippen molar-refractivity contribution in [1.82, 2.24) is 10.2 Å². The topological polar surface area (TPSA) is 84.0 Å². The molecule has 0 aliphatic carbocycles. The summed E-state index contributed by atoms with van der Waals surface area (Å²) in [6.45, 7) is 3.41. The Hall–Kier alpha value is -3.54. The Labute approximate surface area is 151 Å². The Morgan fingerprint density at radius 3 is 2.12 bits per heavy atom. The number of hydrogen-bond donors (Lipinski definition) is 2. The van der Waals surface area contributed by atoms with Crippen LogP contribution in [-0.2, 0) is 0 Å². The highest BCUT2D eigenvalue weighted by Crippen LogP contribution is 2.16. The normalized spacial score (nSPS) is 10.2. The number of aryl methyl sites for hydroxylation is 1. The lowest BCUT2D eigenvalue weighted by Gasteiger charge is -2.08. The first-order chi connectivity index (χ1) is 12.5. The van der Waals surface area contributed by atoms with Crippen LogP contribution in [0.5, 0.6) is 0 Å². The maximum absolute atomic E-state index is 12.3. The molecule has 0 spiro atoms. The first-order valence-electron chi connectivity index (χ1n) is 8.11. The number of rotatable bonds is 5. The molecule has 1 heterocycles. The maximum atomic E-state index is 12.3. The van der Waals surface area contributed by atoms with Gasteiger partial charge in [0.2, 0.25) is 0 Å². The summed E-state index contributed by atoms with van der Waals surface area (Å²) in [6, 6.07) is 17.8. The van der Waals surface area contributed by atoms with E-state index in [1.54, 1.807) is 42.5 Å². The molecule has 6 heteroatoms. The highest BCUT2D eigenvalue weighted by atomic mass is 16.1. The molecule has 1 amide bonds. The van der Waals surface area contributed by atoms with Crippen LogP contribution in [0.15, 0.2) is 60.7 Å². The van der Waals surface area contributed by atoms with Crippen molar-refractivity contribution >= 4 is 29.0 Å². The molecule has 130 valence electrons. The van der Waals surface area contributed by atoms with Crippen molar-refractivity contribution in [3.63, 3.8) is 0 Å². The lowest BCUT2D eigenvalue weighted by Crippen LogP contribution is -2.14. The molecule has 2 N–H and O–H groups in total. The third kappa shape index (κ3) is 4.10. The van der Waals surface area contributed by atoms with Crippen LogP contribution < -0.4 is 10.6 Å². The predicted molar refractivity (Wildman–Crippen MR) is 101 cm³/mol. The summed E-state index contributed by atoms with van der Waals surface area (Å²) in [5.74, 6) is 0.702. The van der Waals surface area contributed by atoms with Crippen LogP contribution in [0, 0.1) is 6.92 Å². The second-order valence-electron chi connectivity index (χ2n) is 5.83. The highest BCUT2D eigenvalue weighted by Gasteiger charge is 2.09. The molecule has 26 heavy (non-hydrogen) atoms. The number of anilines is 3. The largest absolute Gasteiger partial charge is 0.339 e. The van der Waals surface area contributed by atoms with E-state index in [1.807, 2.05) is 25.1 Å². The molecule has 0 radical (unpaired) electrons. The van der Waals surface area contributed by atoms with E-state index in [2.05, 4.69) is 20.8 Å². The number of aromatic nitrogens is 2. The standard InChI is InChI=1S/C20H18N4O2/c1-13-5-3-4-6-17(13)20(26)22-19-12-11-18(23-24-19)21-16-9-7-15(8-10-16)14(2)25/h3-12H,1-2H3,(H,21,23)(H,22,24,26). The van der Waals surface area contributed by atoms with Gasteiger partial charge in [0.25, 0.3) is 5.91 Å². The number of carbonyl (C=O) groups excluding carboxylic acids is 2. The first-order valence-corrected chi connectivity index (χ1v) is 8.11. The zero-order valence-corrected chi connectivity index (χ0v) is 14.5. The molecule has 0 saturated heterocycles. The second kappa shape index (κ2) is 7.57. The average Bonchev–Trinajstić information content (AvgIpc) is 2.64. The number of Topliss-reactive ketones (excluding diaryl/α,β-unsaturated/α-hetero) is 1. The van der Waals surface area contributed by atoms with E-state index in [4.69, 9.17) is 0 Å². The number of benzene rings is 2. The van der Waals surface area contributed by atoms with E-state index in [1.165, 1.54) is 6.92 Å². The van der Waals surface area contributed by atoms with Gasteiger partial charge >= 0.3 is 0 Å². The Morgan fingerprint density at radius 2 is 1.50 bits per heavy atom. The SMILES string of the molecule is CC(=O)c1ccc(Nc2ccc(NC(=O)c3ccccc3C)nn2)cc1. The molecule has 0 fully saturated rings. The van der Waals surface area contributed by atoms with Gasteiger partial charge in [-0.1, -0.05) is 18.2 Å². The molecule has 0 bridgehead atoms. The Bertz CT molecular complexity index is 935. The first kappa shape index (κ1) is 17.3. The van der Waals surface area contributed by atoms with Gasteiger partial charge in [0.05, 0.1) is 0 Å². The zero-order chi connectivity index (χ0) is 18.5. The van der Waals surface area contributed by atoms with Crippen LogP contribution in [0.1, 0.15) is 33.2 Å². The predicted octanol–water partition coefficient (Wildman–Crippen LogP) is 3.98. The van der Waals surface area contributed by atoms with E-state index in [0.717, 1.165) is 11.3 Å². The molecule has 0 unspecified atom stereocenters. The van der Waals surface area contributed by atoms with E-state index >= 15 is 0 Å². The molecule has 0 atom stereocenters. The van der Waals surface area contributed by atoms with Crippen molar-refractivity contribution in [2.75, 3.05) is 10.6 Å². The molecule has 0 saturated carbocycles. The summed E-state index contributed by atoms with van der Waals surface area (Å²) in [6.07, 6.45) is 0. The van der Waals surface area contributed by atoms with Crippen LogP contribution in [0.25, 0.3) is 0 Å². The fourth-order valence-corrected chi connectivity index (χ4v) is 2.41. The van der Waals surface area contributed by atoms with Gasteiger partial charge in [-0.15, -0.1) is 10.2 Å². The summed E-state index contributed by atoms with van der Waals surface area (Å²) < 4.78 is 0. The Morgan fingerprint density at radius 1 is 0.846 bits per heavy atom. The van der Waals surface area contributed by atoms with Gasteiger partial charge in [0.15, 0.2) is 17.4 Å². The summed E-state index contributed by atoms with van der Waals surface area (Å²) in [5.41, 5.74) is 2.93. The minimum Gasteiger partial charge on any atom is -0.339 e. The van der Waals surface area contributed by atoms with Gasteiger partial charge in [-0.05, 0) is 61.9 Å². The Balaban J connectivity index is 1.66. The Kier molecular flexibility index (Phi) is 5.03. The number of amides is 1. The van der Waals surface area contributed by atoms with Crippen LogP contribution in [0.4, 0.5) is 17.3 Å². The smallest absolute Gasteiger partial charge is 0.257 e. The number of carbonyl (C=O) groups is 2. The minimum absolute atomic E-state index is 0.0186. The van der Waals surface area contributed by atoms with Gasteiger partial charge in [0.1, 0.15) is 0 Å². The fraction of sp³-hybridized carbons (Fsp3) is 0.100. The quantitative estimate of drug-likeness (QED) is 0.683. The third-order valence-electron chi connectivity index (χ3n) is 3.86. The molecule has 2 aromatic carbocycles. The van der Waals surface area contributed by atoms with Crippen LogP contribution >= 0.6 is 0 Å². The molecule has 3 rings (SSSR count). The van der Waals surface area contributed by atoms with Crippen LogP contribution in [0.2, 0.25) is 0 Å². The second-order valence-corrected chi connectivity index (χ2v) is 5.83. The molecular weight excluding hydrogens is 328 g/mol. The summed E-state index contributed by atoms with van der Waals surface area (Å²) in [5, 5.41) is 13.9. The van der Waals surface area contributed by atoms with Crippen LogP contribution in [-0.4, -0.2) is 21.9 Å². The number of nitrogens with zero attached hydrogens (tertiary/aromatic N) is 2. The van der Waals surface area contributed by atoms with Crippen molar-refractivity contribution in [2.24, 2.45) is 0 Å². The molecule has 6 nitrogen and oxygen atoms in total. The summed E-state index contributed by atoms with van der Waals surface area (Å²) >= 11 is 0. The maximum Gasteiger partial charge on any atom is 0.257 e. The van der Waals surface area contributed by atoms with Crippen LogP contribution in [0.3, 0.4) is 0 Å². The molecule has 1 aromatic heterocycles. The minimum atomic E-state index is -0.224. The zero-order valence-electron chi connectivity index (χ0n) is 14.5.